The van der Waals surface area contributed by atoms with Crippen LogP contribution in [0.1, 0.15) is 22.7 Å². The van der Waals surface area contributed by atoms with Crippen molar-refractivity contribution in [1.82, 2.24) is 9.62 Å². The van der Waals surface area contributed by atoms with Gasteiger partial charge in [0.05, 0.1) is 4.90 Å². The highest BCUT2D eigenvalue weighted by Crippen LogP contribution is 2.31. The number of hydrogen-bond donors (Lipinski definition) is 1. The largest absolute Gasteiger partial charge is 0.353 e. The van der Waals surface area contributed by atoms with Crippen LogP contribution in [-0.2, 0) is 14.8 Å². The molecule has 1 atom stereocenters. The number of sulfonamides is 1. The first-order valence-corrected chi connectivity index (χ1v) is 9.27. The molecule has 3 rings (SSSR count). The highest BCUT2D eigenvalue weighted by Gasteiger charge is 2.39. The van der Waals surface area contributed by atoms with Crippen LogP contribution in [0.15, 0.2) is 53.4 Å². The number of aryl methyl sites for hydroxylation is 2. The van der Waals surface area contributed by atoms with Crippen molar-refractivity contribution < 1.29 is 13.2 Å². The van der Waals surface area contributed by atoms with E-state index in [0.29, 0.717) is 17.7 Å². The molecule has 1 heterocycles. The third-order valence-corrected chi connectivity index (χ3v) is 6.23. The molecular weight excluding hydrogens is 324 g/mol. The van der Waals surface area contributed by atoms with E-state index in [1.807, 2.05) is 25.1 Å². The minimum atomic E-state index is -3.76. The Hall–Kier alpha value is -2.18. The molecule has 2 aromatic carbocycles. The van der Waals surface area contributed by atoms with Gasteiger partial charge in [-0.15, -0.1) is 0 Å². The molecule has 24 heavy (non-hydrogen) atoms. The predicted molar refractivity (Wildman–Crippen MR) is 92.0 cm³/mol. The van der Waals surface area contributed by atoms with Crippen molar-refractivity contribution in [2.24, 2.45) is 0 Å². The fraction of sp³-hybridized carbons (Fsp3) is 0.278. The summed E-state index contributed by atoms with van der Waals surface area (Å²) in [5, 5.41) is 2.77. The summed E-state index contributed by atoms with van der Waals surface area (Å²) in [7, 11) is -3.76. The molecule has 1 N–H and O–H groups in total. The van der Waals surface area contributed by atoms with Crippen LogP contribution >= 0.6 is 0 Å². The zero-order chi connectivity index (χ0) is 17.3. The second-order valence-electron chi connectivity index (χ2n) is 5.99. The Balaban J connectivity index is 2.10. The van der Waals surface area contributed by atoms with Crippen molar-refractivity contribution in [3.63, 3.8) is 0 Å². The SMILES string of the molecule is Cc1cccc(C2C(=O)NCCN2S(=O)(=O)c2ccccc2C)c1. The highest BCUT2D eigenvalue weighted by atomic mass is 32.2. The first kappa shape index (κ1) is 16.7. The lowest BCUT2D eigenvalue weighted by Crippen LogP contribution is -2.52. The second kappa shape index (κ2) is 6.37. The normalized spacial score (nSPS) is 19.1. The van der Waals surface area contributed by atoms with Gasteiger partial charge in [0.2, 0.25) is 15.9 Å². The maximum Gasteiger partial charge on any atom is 0.244 e. The molecule has 6 heteroatoms. The van der Waals surface area contributed by atoms with Crippen molar-refractivity contribution in [2.45, 2.75) is 24.8 Å². The van der Waals surface area contributed by atoms with Crippen molar-refractivity contribution in [2.75, 3.05) is 13.1 Å². The number of rotatable bonds is 3. The van der Waals surface area contributed by atoms with Gasteiger partial charge in [-0.05, 0) is 31.0 Å². The first-order chi connectivity index (χ1) is 11.4. The third kappa shape index (κ3) is 2.95. The quantitative estimate of drug-likeness (QED) is 0.928. The summed E-state index contributed by atoms with van der Waals surface area (Å²) in [6.07, 6.45) is 0. The van der Waals surface area contributed by atoms with Gasteiger partial charge >= 0.3 is 0 Å². The maximum absolute atomic E-state index is 13.2. The summed E-state index contributed by atoms with van der Waals surface area (Å²) in [6.45, 7) is 4.25. The minimum absolute atomic E-state index is 0.248. The van der Waals surface area contributed by atoms with Crippen LogP contribution in [0.4, 0.5) is 0 Å². The lowest BCUT2D eigenvalue weighted by molar-refractivity contribution is -0.126. The van der Waals surface area contributed by atoms with Gasteiger partial charge in [-0.3, -0.25) is 4.79 Å². The monoisotopic (exact) mass is 344 g/mol. The van der Waals surface area contributed by atoms with E-state index in [9.17, 15) is 13.2 Å². The molecule has 0 saturated carbocycles. The molecular formula is C18H20N2O3S. The lowest BCUT2D eigenvalue weighted by Gasteiger charge is -2.34. The van der Waals surface area contributed by atoms with E-state index in [1.54, 1.807) is 37.3 Å². The topological polar surface area (TPSA) is 66.5 Å². The highest BCUT2D eigenvalue weighted by molar-refractivity contribution is 7.89. The van der Waals surface area contributed by atoms with E-state index < -0.39 is 16.1 Å². The van der Waals surface area contributed by atoms with Gasteiger partial charge in [-0.2, -0.15) is 4.31 Å². The van der Waals surface area contributed by atoms with Gasteiger partial charge in [0.25, 0.3) is 0 Å². The lowest BCUT2D eigenvalue weighted by atomic mass is 10.0. The van der Waals surface area contributed by atoms with Crippen LogP contribution in [0, 0.1) is 13.8 Å². The molecule has 1 aliphatic rings. The molecule has 0 aliphatic carbocycles. The predicted octanol–water partition coefficient (Wildman–Crippen LogP) is 2.17. The number of carbonyl (C=O) groups is 1. The molecule has 0 aromatic heterocycles. The summed E-state index contributed by atoms with van der Waals surface area (Å²) in [5.41, 5.74) is 2.34. The number of benzene rings is 2. The summed E-state index contributed by atoms with van der Waals surface area (Å²) >= 11 is 0. The van der Waals surface area contributed by atoms with E-state index in [1.165, 1.54) is 4.31 Å². The van der Waals surface area contributed by atoms with Gasteiger partial charge in [0, 0.05) is 13.1 Å². The zero-order valence-corrected chi connectivity index (χ0v) is 14.5. The van der Waals surface area contributed by atoms with Gasteiger partial charge in [0.15, 0.2) is 0 Å². The van der Waals surface area contributed by atoms with E-state index in [-0.39, 0.29) is 17.3 Å². The number of nitrogens with one attached hydrogen (secondary N) is 1. The molecule has 126 valence electrons. The number of piperazine rings is 1. The molecule has 0 spiro atoms. The summed E-state index contributed by atoms with van der Waals surface area (Å²) in [5.74, 6) is -0.288. The maximum atomic E-state index is 13.2. The Morgan fingerprint density at radius 1 is 1.08 bits per heavy atom. The molecule has 0 radical (unpaired) electrons. The molecule has 2 aromatic rings. The molecule has 1 fully saturated rings. The van der Waals surface area contributed by atoms with Crippen molar-refractivity contribution in [3.05, 3.63) is 65.2 Å². The number of carbonyl (C=O) groups excluding carboxylic acids is 1. The van der Waals surface area contributed by atoms with E-state index in [2.05, 4.69) is 5.32 Å². The molecule has 5 nitrogen and oxygen atoms in total. The molecule has 0 bridgehead atoms. The second-order valence-corrected chi connectivity index (χ2v) is 7.85. The Morgan fingerprint density at radius 2 is 1.83 bits per heavy atom. The Labute approximate surface area is 142 Å². The molecule has 1 amide bonds. The molecule has 1 saturated heterocycles. The average molecular weight is 344 g/mol. The summed E-state index contributed by atoms with van der Waals surface area (Å²) in [6, 6.07) is 13.4. The number of amides is 1. The zero-order valence-electron chi connectivity index (χ0n) is 13.7. The average Bonchev–Trinajstić information content (AvgIpc) is 2.54. The molecule has 1 aliphatic heterocycles. The fourth-order valence-corrected chi connectivity index (χ4v) is 4.84. The Bertz CT molecular complexity index is 877. The van der Waals surface area contributed by atoms with Crippen LogP contribution < -0.4 is 5.32 Å². The Morgan fingerprint density at radius 3 is 2.54 bits per heavy atom. The van der Waals surface area contributed by atoms with Crippen molar-refractivity contribution in [1.29, 1.82) is 0 Å². The van der Waals surface area contributed by atoms with E-state index in [4.69, 9.17) is 0 Å². The van der Waals surface area contributed by atoms with Crippen LogP contribution in [-0.4, -0.2) is 31.7 Å². The Kier molecular flexibility index (Phi) is 4.43. The van der Waals surface area contributed by atoms with Crippen LogP contribution in [0.5, 0.6) is 0 Å². The fourth-order valence-electron chi connectivity index (χ4n) is 3.03. The van der Waals surface area contributed by atoms with E-state index in [0.717, 1.165) is 5.56 Å². The minimum Gasteiger partial charge on any atom is -0.353 e. The van der Waals surface area contributed by atoms with Gasteiger partial charge < -0.3 is 5.32 Å². The van der Waals surface area contributed by atoms with Crippen molar-refractivity contribution in [3.8, 4) is 0 Å². The van der Waals surface area contributed by atoms with Crippen LogP contribution in [0.2, 0.25) is 0 Å². The van der Waals surface area contributed by atoms with E-state index >= 15 is 0 Å². The van der Waals surface area contributed by atoms with Crippen LogP contribution in [0.3, 0.4) is 0 Å². The summed E-state index contributed by atoms with van der Waals surface area (Å²) in [4.78, 5) is 12.7. The summed E-state index contributed by atoms with van der Waals surface area (Å²) < 4.78 is 27.6. The van der Waals surface area contributed by atoms with Gasteiger partial charge in [0.1, 0.15) is 6.04 Å². The molecule has 1 unspecified atom stereocenters. The number of hydrogen-bond acceptors (Lipinski definition) is 3. The standard InChI is InChI=1S/C18H20N2O3S/c1-13-6-5-8-15(12-13)17-18(21)19-10-11-20(17)24(22,23)16-9-4-3-7-14(16)2/h3-9,12,17H,10-11H2,1-2H3,(H,19,21). The number of nitrogens with zero attached hydrogens (tertiary/aromatic N) is 1. The first-order valence-electron chi connectivity index (χ1n) is 7.83. The van der Waals surface area contributed by atoms with Gasteiger partial charge in [-0.1, -0.05) is 48.0 Å². The smallest absolute Gasteiger partial charge is 0.244 e. The van der Waals surface area contributed by atoms with Crippen LogP contribution in [0.25, 0.3) is 0 Å². The third-order valence-electron chi connectivity index (χ3n) is 4.21. The van der Waals surface area contributed by atoms with Crippen molar-refractivity contribution >= 4 is 15.9 Å². The van der Waals surface area contributed by atoms with Gasteiger partial charge in [-0.25, -0.2) is 8.42 Å².